The van der Waals surface area contributed by atoms with Gasteiger partial charge in [-0.25, -0.2) is 0 Å². The summed E-state index contributed by atoms with van der Waals surface area (Å²) in [5.74, 6) is -0.285. The van der Waals surface area contributed by atoms with E-state index in [0.717, 1.165) is 29.7 Å². The first-order valence-electron chi connectivity index (χ1n) is 13.8. The van der Waals surface area contributed by atoms with Crippen LogP contribution in [0.15, 0.2) is 54.6 Å². The summed E-state index contributed by atoms with van der Waals surface area (Å²) in [7, 11) is 0. The SMILES string of the molecule is CCCCCCCCCCCCCCOC(=O)CCCC(=O)Nc1ccccc1-c1ccccc1. The molecule has 192 valence electrons. The lowest BCUT2D eigenvalue weighted by Crippen LogP contribution is -2.13. The maximum Gasteiger partial charge on any atom is 0.305 e. The van der Waals surface area contributed by atoms with Crippen LogP contribution in [0.1, 0.15) is 103 Å². The van der Waals surface area contributed by atoms with Gasteiger partial charge in [0.1, 0.15) is 0 Å². The number of ether oxygens (including phenoxy) is 1. The Labute approximate surface area is 212 Å². The molecule has 0 saturated heterocycles. The van der Waals surface area contributed by atoms with E-state index < -0.39 is 0 Å². The number of carbonyl (C=O) groups is 2. The van der Waals surface area contributed by atoms with Crippen LogP contribution in [0.5, 0.6) is 0 Å². The Kier molecular flexibility index (Phi) is 15.3. The molecule has 1 N–H and O–H groups in total. The van der Waals surface area contributed by atoms with Crippen molar-refractivity contribution in [2.45, 2.75) is 103 Å². The molecule has 2 aromatic carbocycles. The van der Waals surface area contributed by atoms with Crippen molar-refractivity contribution in [1.82, 2.24) is 0 Å². The normalized spacial score (nSPS) is 10.8. The number of anilines is 1. The highest BCUT2D eigenvalue weighted by Gasteiger charge is 2.10. The Morgan fingerprint density at radius 3 is 1.89 bits per heavy atom. The van der Waals surface area contributed by atoms with Crippen LogP contribution in [0, 0.1) is 0 Å². The molecule has 4 nitrogen and oxygen atoms in total. The zero-order chi connectivity index (χ0) is 25.0. The zero-order valence-electron chi connectivity index (χ0n) is 21.7. The maximum atomic E-state index is 12.4. The van der Waals surface area contributed by atoms with E-state index in [0.29, 0.717) is 19.4 Å². The van der Waals surface area contributed by atoms with Crippen molar-refractivity contribution in [2.75, 3.05) is 11.9 Å². The van der Waals surface area contributed by atoms with E-state index in [2.05, 4.69) is 12.2 Å². The average Bonchev–Trinajstić information content (AvgIpc) is 2.87. The molecule has 4 heteroatoms. The molecular weight excluding hydrogens is 434 g/mol. The number of carbonyl (C=O) groups excluding carboxylic acids is 2. The van der Waals surface area contributed by atoms with E-state index in [1.54, 1.807) is 0 Å². The van der Waals surface area contributed by atoms with Crippen LogP contribution in [0.3, 0.4) is 0 Å². The van der Waals surface area contributed by atoms with Gasteiger partial charge in [0, 0.05) is 24.1 Å². The first kappa shape index (κ1) is 28.6. The molecule has 0 aromatic heterocycles. The molecule has 0 fully saturated rings. The number of nitrogens with one attached hydrogen (secondary N) is 1. The lowest BCUT2D eigenvalue weighted by Gasteiger charge is -2.11. The van der Waals surface area contributed by atoms with Gasteiger partial charge in [-0.2, -0.15) is 0 Å². The molecule has 0 aliphatic heterocycles. The van der Waals surface area contributed by atoms with Gasteiger partial charge in [-0.05, 0) is 24.5 Å². The summed E-state index contributed by atoms with van der Waals surface area (Å²) in [5, 5.41) is 2.99. The van der Waals surface area contributed by atoms with Gasteiger partial charge >= 0.3 is 5.97 Å². The van der Waals surface area contributed by atoms with Crippen molar-refractivity contribution in [2.24, 2.45) is 0 Å². The minimum absolute atomic E-state index is 0.0814. The number of esters is 1. The predicted octanol–water partition coefficient (Wildman–Crippen LogP) is 8.71. The largest absolute Gasteiger partial charge is 0.466 e. The Bertz CT molecular complexity index is 834. The number of hydrogen-bond acceptors (Lipinski definition) is 3. The van der Waals surface area contributed by atoms with Crippen molar-refractivity contribution >= 4 is 17.6 Å². The van der Waals surface area contributed by atoms with Gasteiger partial charge in [-0.3, -0.25) is 9.59 Å². The second-order valence-electron chi connectivity index (χ2n) is 9.42. The molecule has 0 spiro atoms. The minimum Gasteiger partial charge on any atom is -0.466 e. The lowest BCUT2D eigenvalue weighted by atomic mass is 10.0. The third-order valence-electron chi connectivity index (χ3n) is 6.33. The van der Waals surface area contributed by atoms with Crippen LogP contribution in [-0.2, 0) is 14.3 Å². The van der Waals surface area contributed by atoms with Gasteiger partial charge in [-0.15, -0.1) is 0 Å². The molecule has 2 aromatic rings. The molecule has 0 heterocycles. The molecule has 0 atom stereocenters. The minimum atomic E-state index is -0.203. The molecule has 1 amide bonds. The van der Waals surface area contributed by atoms with Gasteiger partial charge in [0.2, 0.25) is 5.91 Å². The van der Waals surface area contributed by atoms with E-state index in [1.807, 2.05) is 54.6 Å². The van der Waals surface area contributed by atoms with E-state index in [1.165, 1.54) is 64.2 Å². The van der Waals surface area contributed by atoms with Crippen LogP contribution in [-0.4, -0.2) is 18.5 Å². The van der Waals surface area contributed by atoms with Gasteiger partial charge < -0.3 is 10.1 Å². The molecule has 0 bridgehead atoms. The van der Waals surface area contributed by atoms with Gasteiger partial charge in [-0.1, -0.05) is 126 Å². The molecule has 0 aliphatic carbocycles. The molecule has 0 radical (unpaired) electrons. The number of benzene rings is 2. The predicted molar refractivity (Wildman–Crippen MR) is 146 cm³/mol. The highest BCUT2D eigenvalue weighted by atomic mass is 16.5. The summed E-state index contributed by atoms with van der Waals surface area (Å²) in [6.45, 7) is 2.75. The second-order valence-corrected chi connectivity index (χ2v) is 9.42. The highest BCUT2D eigenvalue weighted by Crippen LogP contribution is 2.27. The monoisotopic (exact) mass is 479 g/mol. The van der Waals surface area contributed by atoms with Crippen LogP contribution >= 0.6 is 0 Å². The topological polar surface area (TPSA) is 55.4 Å². The first-order chi connectivity index (χ1) is 17.2. The van der Waals surface area contributed by atoms with E-state index >= 15 is 0 Å². The van der Waals surface area contributed by atoms with Crippen LogP contribution in [0.25, 0.3) is 11.1 Å². The number of para-hydroxylation sites is 1. The van der Waals surface area contributed by atoms with Crippen molar-refractivity contribution in [3.63, 3.8) is 0 Å². The smallest absolute Gasteiger partial charge is 0.305 e. The van der Waals surface area contributed by atoms with Gasteiger partial charge in [0.15, 0.2) is 0 Å². The average molecular weight is 480 g/mol. The maximum absolute atomic E-state index is 12.4. The summed E-state index contributed by atoms with van der Waals surface area (Å²) < 4.78 is 5.34. The van der Waals surface area contributed by atoms with E-state index in [-0.39, 0.29) is 18.3 Å². The first-order valence-corrected chi connectivity index (χ1v) is 13.8. The summed E-state index contributed by atoms with van der Waals surface area (Å²) >= 11 is 0. The second kappa shape index (κ2) is 18.7. The van der Waals surface area contributed by atoms with Crippen molar-refractivity contribution in [3.8, 4) is 11.1 Å². The fraction of sp³-hybridized carbons (Fsp3) is 0.548. The Balaban J connectivity index is 1.48. The third kappa shape index (κ3) is 13.2. The number of unbranched alkanes of at least 4 members (excludes halogenated alkanes) is 11. The Morgan fingerprint density at radius 2 is 1.23 bits per heavy atom. The Morgan fingerprint density at radius 1 is 0.657 bits per heavy atom. The van der Waals surface area contributed by atoms with E-state index in [4.69, 9.17) is 4.74 Å². The van der Waals surface area contributed by atoms with Crippen molar-refractivity contribution in [3.05, 3.63) is 54.6 Å². The number of amides is 1. The molecular formula is C31H45NO3. The summed E-state index contributed by atoms with van der Waals surface area (Å²) in [5.41, 5.74) is 2.84. The van der Waals surface area contributed by atoms with E-state index in [9.17, 15) is 9.59 Å². The molecule has 35 heavy (non-hydrogen) atoms. The molecule has 0 unspecified atom stereocenters. The fourth-order valence-corrected chi connectivity index (χ4v) is 4.27. The summed E-state index contributed by atoms with van der Waals surface area (Å²) in [4.78, 5) is 24.4. The van der Waals surface area contributed by atoms with Crippen LogP contribution in [0.4, 0.5) is 5.69 Å². The quantitative estimate of drug-likeness (QED) is 0.162. The highest BCUT2D eigenvalue weighted by molar-refractivity contribution is 5.95. The van der Waals surface area contributed by atoms with Gasteiger partial charge in [0.05, 0.1) is 6.61 Å². The molecule has 0 aliphatic rings. The standard InChI is InChI=1S/C31H45NO3/c1-2-3-4-5-6-7-8-9-10-11-12-18-26-35-31(34)25-19-24-30(33)32-29-23-17-16-22-28(29)27-20-14-13-15-21-27/h13-17,20-23H,2-12,18-19,24-26H2,1H3,(H,32,33). The number of rotatable bonds is 19. The fourth-order valence-electron chi connectivity index (χ4n) is 4.27. The lowest BCUT2D eigenvalue weighted by molar-refractivity contribution is -0.143. The zero-order valence-corrected chi connectivity index (χ0v) is 21.7. The Hall–Kier alpha value is -2.62. The third-order valence-corrected chi connectivity index (χ3v) is 6.33. The van der Waals surface area contributed by atoms with Crippen molar-refractivity contribution < 1.29 is 14.3 Å². The molecule has 0 saturated carbocycles. The van der Waals surface area contributed by atoms with Gasteiger partial charge in [0.25, 0.3) is 0 Å². The van der Waals surface area contributed by atoms with Crippen LogP contribution in [0.2, 0.25) is 0 Å². The summed E-state index contributed by atoms with van der Waals surface area (Å²) in [6.07, 6.45) is 16.6. The van der Waals surface area contributed by atoms with Crippen molar-refractivity contribution in [1.29, 1.82) is 0 Å². The number of hydrogen-bond donors (Lipinski definition) is 1. The van der Waals surface area contributed by atoms with Crippen LogP contribution < -0.4 is 5.32 Å². The summed E-state index contributed by atoms with van der Waals surface area (Å²) in [6, 6.07) is 17.8. The molecule has 2 rings (SSSR count).